The third-order valence-corrected chi connectivity index (χ3v) is 5.20. The summed E-state index contributed by atoms with van der Waals surface area (Å²) in [7, 11) is 0. The highest BCUT2D eigenvalue weighted by atomic mass is 15.2. The fraction of sp³-hybridized carbons (Fsp3) is 0.182. The van der Waals surface area contributed by atoms with E-state index in [2.05, 4.69) is 41.7 Å². The molecule has 7 heteroatoms. The molecule has 1 aliphatic heterocycles. The standard InChI is InChI=1S/C22H19N7/c23-11-19-4-1-16(12-25-19)18-3-6-22-27-14-20(29(22)15-18)17-2-5-21(26-13-17)28-9-7-24-8-10-28/h1-6,12-15,24H,7-10H2. The number of anilines is 1. The number of nitriles is 1. The molecule has 7 nitrogen and oxygen atoms in total. The molecule has 142 valence electrons. The molecule has 5 heterocycles. The Morgan fingerprint density at radius 3 is 2.34 bits per heavy atom. The van der Waals surface area contributed by atoms with Crippen molar-refractivity contribution in [1.29, 1.82) is 5.26 Å². The molecule has 0 amide bonds. The minimum absolute atomic E-state index is 0.411. The van der Waals surface area contributed by atoms with Crippen molar-refractivity contribution in [2.24, 2.45) is 0 Å². The van der Waals surface area contributed by atoms with Crippen LogP contribution in [0.2, 0.25) is 0 Å². The number of pyridine rings is 3. The fourth-order valence-corrected chi connectivity index (χ4v) is 3.61. The topological polar surface area (TPSA) is 82.1 Å². The summed E-state index contributed by atoms with van der Waals surface area (Å²) >= 11 is 0. The van der Waals surface area contributed by atoms with Gasteiger partial charge in [-0.1, -0.05) is 0 Å². The summed E-state index contributed by atoms with van der Waals surface area (Å²) in [6, 6.07) is 13.9. The predicted octanol–water partition coefficient (Wildman–Crippen LogP) is 2.74. The van der Waals surface area contributed by atoms with Crippen LogP contribution in [-0.4, -0.2) is 45.5 Å². The maximum atomic E-state index is 8.94. The van der Waals surface area contributed by atoms with Crippen molar-refractivity contribution in [3.63, 3.8) is 0 Å². The Kier molecular flexibility index (Phi) is 4.39. The first-order valence-electron chi connectivity index (χ1n) is 9.57. The van der Waals surface area contributed by atoms with Crippen LogP contribution in [0.1, 0.15) is 5.69 Å². The monoisotopic (exact) mass is 381 g/mol. The van der Waals surface area contributed by atoms with Gasteiger partial charge in [-0.05, 0) is 36.4 Å². The lowest BCUT2D eigenvalue weighted by Crippen LogP contribution is -2.43. The van der Waals surface area contributed by atoms with Crippen molar-refractivity contribution in [3.8, 4) is 28.5 Å². The number of aromatic nitrogens is 4. The molecule has 0 aliphatic carbocycles. The second-order valence-electron chi connectivity index (χ2n) is 6.98. The highest BCUT2D eigenvalue weighted by molar-refractivity contribution is 5.69. The molecule has 29 heavy (non-hydrogen) atoms. The predicted molar refractivity (Wildman–Crippen MR) is 111 cm³/mol. The zero-order valence-corrected chi connectivity index (χ0v) is 15.8. The lowest BCUT2D eigenvalue weighted by molar-refractivity contribution is 0.585. The molecule has 4 aromatic rings. The molecule has 1 N–H and O–H groups in total. The molecule has 5 rings (SSSR count). The number of imidazole rings is 1. The Morgan fingerprint density at radius 1 is 0.828 bits per heavy atom. The summed E-state index contributed by atoms with van der Waals surface area (Å²) in [6.45, 7) is 3.93. The second-order valence-corrected chi connectivity index (χ2v) is 6.98. The summed E-state index contributed by atoms with van der Waals surface area (Å²) in [5.74, 6) is 1.01. The number of hydrogen-bond donors (Lipinski definition) is 1. The van der Waals surface area contributed by atoms with Crippen LogP contribution in [0.3, 0.4) is 0 Å². The van der Waals surface area contributed by atoms with Crippen molar-refractivity contribution < 1.29 is 0 Å². The third kappa shape index (κ3) is 3.30. The molecule has 0 aromatic carbocycles. The van der Waals surface area contributed by atoms with Gasteiger partial charge >= 0.3 is 0 Å². The van der Waals surface area contributed by atoms with Crippen molar-refractivity contribution in [2.75, 3.05) is 31.1 Å². The second kappa shape index (κ2) is 7.34. The van der Waals surface area contributed by atoms with Crippen LogP contribution >= 0.6 is 0 Å². The number of nitrogens with zero attached hydrogens (tertiary/aromatic N) is 6. The van der Waals surface area contributed by atoms with Crippen LogP contribution in [-0.2, 0) is 0 Å². The normalized spacial score (nSPS) is 14.1. The van der Waals surface area contributed by atoms with Crippen LogP contribution in [0.25, 0.3) is 28.0 Å². The maximum absolute atomic E-state index is 8.94. The van der Waals surface area contributed by atoms with Gasteiger partial charge in [-0.25, -0.2) is 15.0 Å². The molecule has 1 aliphatic rings. The Morgan fingerprint density at radius 2 is 1.62 bits per heavy atom. The first-order chi connectivity index (χ1) is 14.3. The maximum Gasteiger partial charge on any atom is 0.140 e. The Hall–Kier alpha value is -3.76. The lowest BCUT2D eigenvalue weighted by atomic mass is 10.1. The van der Waals surface area contributed by atoms with Crippen LogP contribution in [0.5, 0.6) is 0 Å². The minimum atomic E-state index is 0.411. The van der Waals surface area contributed by atoms with Gasteiger partial charge in [0.05, 0.1) is 11.9 Å². The van der Waals surface area contributed by atoms with E-state index >= 15 is 0 Å². The van der Waals surface area contributed by atoms with E-state index < -0.39 is 0 Å². The molecule has 0 atom stereocenters. The third-order valence-electron chi connectivity index (χ3n) is 5.20. The van der Waals surface area contributed by atoms with Crippen LogP contribution < -0.4 is 10.2 Å². The van der Waals surface area contributed by atoms with Gasteiger partial charge in [-0.3, -0.25) is 4.40 Å². The van der Waals surface area contributed by atoms with Crippen LogP contribution in [0, 0.1) is 11.3 Å². The minimum Gasteiger partial charge on any atom is -0.354 e. The van der Waals surface area contributed by atoms with E-state index in [9.17, 15) is 0 Å². The number of nitrogens with one attached hydrogen (secondary N) is 1. The van der Waals surface area contributed by atoms with Crippen molar-refractivity contribution in [1.82, 2.24) is 24.7 Å². The van der Waals surface area contributed by atoms with E-state index in [4.69, 9.17) is 5.26 Å². The van der Waals surface area contributed by atoms with E-state index in [1.807, 2.05) is 42.9 Å². The van der Waals surface area contributed by atoms with Gasteiger partial charge in [0.1, 0.15) is 23.2 Å². The number of rotatable bonds is 3. The highest BCUT2D eigenvalue weighted by Gasteiger charge is 2.13. The Balaban J connectivity index is 1.49. The van der Waals surface area contributed by atoms with Crippen molar-refractivity contribution in [3.05, 3.63) is 66.9 Å². The number of fused-ring (bicyclic) bond motifs is 1. The van der Waals surface area contributed by atoms with Crippen LogP contribution in [0.4, 0.5) is 5.82 Å². The smallest absolute Gasteiger partial charge is 0.140 e. The molecule has 0 radical (unpaired) electrons. The SMILES string of the molecule is N#Cc1ccc(-c2ccc3ncc(-c4ccc(N5CCNCC5)nc4)n3c2)cn1. The summed E-state index contributed by atoms with van der Waals surface area (Å²) in [6.07, 6.45) is 7.56. The van der Waals surface area contributed by atoms with Gasteiger partial charge in [0.15, 0.2) is 0 Å². The lowest BCUT2D eigenvalue weighted by Gasteiger charge is -2.28. The summed E-state index contributed by atoms with van der Waals surface area (Å²) in [4.78, 5) is 15.7. The van der Waals surface area contributed by atoms with E-state index in [0.717, 1.165) is 60.0 Å². The van der Waals surface area contributed by atoms with E-state index in [1.165, 1.54) is 0 Å². The summed E-state index contributed by atoms with van der Waals surface area (Å²) in [5, 5.41) is 12.3. The van der Waals surface area contributed by atoms with E-state index in [-0.39, 0.29) is 0 Å². The highest BCUT2D eigenvalue weighted by Crippen LogP contribution is 2.26. The van der Waals surface area contributed by atoms with Gasteiger partial charge in [0.2, 0.25) is 0 Å². The average molecular weight is 381 g/mol. The zero-order chi connectivity index (χ0) is 19.6. The van der Waals surface area contributed by atoms with Crippen molar-refractivity contribution >= 4 is 11.5 Å². The Bertz CT molecular complexity index is 1180. The molecular weight excluding hydrogens is 362 g/mol. The average Bonchev–Trinajstić information content (AvgIpc) is 3.23. The number of hydrogen-bond acceptors (Lipinski definition) is 6. The molecule has 1 fully saturated rings. The first-order valence-corrected chi connectivity index (χ1v) is 9.57. The molecule has 1 saturated heterocycles. The van der Waals surface area contributed by atoms with Gasteiger partial charge < -0.3 is 10.2 Å². The Labute approximate surface area is 168 Å². The molecule has 4 aromatic heterocycles. The quantitative estimate of drug-likeness (QED) is 0.588. The fourth-order valence-electron chi connectivity index (χ4n) is 3.61. The molecular formula is C22H19N7. The summed E-state index contributed by atoms with van der Waals surface area (Å²) < 4.78 is 2.06. The van der Waals surface area contributed by atoms with Gasteiger partial charge in [-0.2, -0.15) is 5.26 Å². The molecule has 0 unspecified atom stereocenters. The van der Waals surface area contributed by atoms with E-state index in [1.54, 1.807) is 12.3 Å². The molecule has 0 saturated carbocycles. The van der Waals surface area contributed by atoms with Gasteiger partial charge in [0, 0.05) is 61.5 Å². The molecule has 0 spiro atoms. The van der Waals surface area contributed by atoms with Gasteiger partial charge in [0.25, 0.3) is 0 Å². The zero-order valence-electron chi connectivity index (χ0n) is 15.8. The largest absolute Gasteiger partial charge is 0.354 e. The molecule has 0 bridgehead atoms. The van der Waals surface area contributed by atoms with Crippen LogP contribution in [0.15, 0.2) is 61.2 Å². The number of piperazine rings is 1. The van der Waals surface area contributed by atoms with E-state index in [0.29, 0.717) is 5.69 Å². The first kappa shape index (κ1) is 17.3. The van der Waals surface area contributed by atoms with Crippen molar-refractivity contribution in [2.45, 2.75) is 0 Å². The van der Waals surface area contributed by atoms with Gasteiger partial charge in [-0.15, -0.1) is 0 Å². The summed E-state index contributed by atoms with van der Waals surface area (Å²) in [5.41, 5.74) is 5.26.